The minimum Gasteiger partial charge on any atom is -0.298 e. The SMILES string of the molecule is Cc1ccc(C2=NN(c3ccc(C=O)cc3)CC2)cc1. The fourth-order valence-corrected chi connectivity index (χ4v) is 2.32. The molecule has 0 aliphatic carbocycles. The molecule has 0 bridgehead atoms. The average molecular weight is 264 g/mol. The number of aldehydes is 1. The molecule has 2 aromatic carbocycles. The van der Waals surface area contributed by atoms with Crippen molar-refractivity contribution < 1.29 is 4.79 Å². The van der Waals surface area contributed by atoms with Crippen LogP contribution in [-0.2, 0) is 0 Å². The number of hydrazone groups is 1. The number of hydrogen-bond acceptors (Lipinski definition) is 3. The second-order valence-corrected chi connectivity index (χ2v) is 5.00. The Morgan fingerprint density at radius 1 is 1.05 bits per heavy atom. The van der Waals surface area contributed by atoms with Gasteiger partial charge in [-0.2, -0.15) is 5.10 Å². The second-order valence-electron chi connectivity index (χ2n) is 5.00. The van der Waals surface area contributed by atoms with E-state index in [2.05, 4.69) is 36.3 Å². The number of carbonyl (C=O) groups is 1. The van der Waals surface area contributed by atoms with Gasteiger partial charge in [0.05, 0.1) is 11.4 Å². The van der Waals surface area contributed by atoms with Crippen LogP contribution in [0.25, 0.3) is 0 Å². The first-order valence-corrected chi connectivity index (χ1v) is 6.73. The van der Waals surface area contributed by atoms with Crippen molar-refractivity contribution in [1.82, 2.24) is 0 Å². The molecule has 2 aromatic rings. The van der Waals surface area contributed by atoms with Crippen LogP contribution in [0.4, 0.5) is 5.69 Å². The van der Waals surface area contributed by atoms with Crippen molar-refractivity contribution >= 4 is 17.7 Å². The molecule has 0 aromatic heterocycles. The number of rotatable bonds is 3. The average Bonchev–Trinajstić information content (AvgIpc) is 2.98. The second kappa shape index (κ2) is 5.29. The minimum absolute atomic E-state index is 0.690. The van der Waals surface area contributed by atoms with Crippen molar-refractivity contribution in [2.75, 3.05) is 11.6 Å². The van der Waals surface area contributed by atoms with Gasteiger partial charge in [0.2, 0.25) is 0 Å². The van der Waals surface area contributed by atoms with Gasteiger partial charge in [-0.05, 0) is 36.8 Å². The van der Waals surface area contributed by atoms with Crippen molar-refractivity contribution in [3.63, 3.8) is 0 Å². The molecule has 0 radical (unpaired) electrons. The molecule has 20 heavy (non-hydrogen) atoms. The molecule has 0 unspecified atom stereocenters. The number of aryl methyl sites for hydroxylation is 1. The summed E-state index contributed by atoms with van der Waals surface area (Å²) in [5.41, 5.74) is 5.27. The Morgan fingerprint density at radius 3 is 2.40 bits per heavy atom. The number of carbonyl (C=O) groups excluding carboxylic acids is 1. The zero-order valence-corrected chi connectivity index (χ0v) is 11.4. The van der Waals surface area contributed by atoms with Crippen LogP contribution in [0.15, 0.2) is 53.6 Å². The quantitative estimate of drug-likeness (QED) is 0.796. The maximum atomic E-state index is 10.7. The van der Waals surface area contributed by atoms with E-state index in [0.717, 1.165) is 30.7 Å². The maximum Gasteiger partial charge on any atom is 0.150 e. The van der Waals surface area contributed by atoms with E-state index in [0.29, 0.717) is 5.56 Å². The first-order chi connectivity index (χ1) is 9.76. The van der Waals surface area contributed by atoms with Crippen LogP contribution in [0.1, 0.15) is 27.9 Å². The predicted octanol–water partition coefficient (Wildman–Crippen LogP) is 3.42. The lowest BCUT2D eigenvalue weighted by Crippen LogP contribution is -2.11. The number of benzene rings is 2. The van der Waals surface area contributed by atoms with Gasteiger partial charge in [0.15, 0.2) is 0 Å². The van der Waals surface area contributed by atoms with Crippen LogP contribution in [0.3, 0.4) is 0 Å². The smallest absolute Gasteiger partial charge is 0.150 e. The fraction of sp³-hybridized carbons (Fsp3) is 0.176. The molecular formula is C17H16N2O. The summed E-state index contributed by atoms with van der Waals surface area (Å²) in [7, 11) is 0. The molecule has 0 spiro atoms. The third-order valence-corrected chi connectivity index (χ3v) is 3.51. The standard InChI is InChI=1S/C17H16N2O/c1-13-2-6-15(7-3-13)17-10-11-19(18-17)16-8-4-14(12-20)5-9-16/h2-9,12H,10-11H2,1H3. The zero-order valence-electron chi connectivity index (χ0n) is 11.4. The van der Waals surface area contributed by atoms with Gasteiger partial charge < -0.3 is 0 Å². The molecule has 1 aliphatic heterocycles. The van der Waals surface area contributed by atoms with Gasteiger partial charge in [-0.1, -0.05) is 29.8 Å². The van der Waals surface area contributed by atoms with E-state index < -0.39 is 0 Å². The fourth-order valence-electron chi connectivity index (χ4n) is 2.32. The Labute approximate surface area is 118 Å². The Morgan fingerprint density at radius 2 is 1.75 bits per heavy atom. The number of hydrogen-bond donors (Lipinski definition) is 0. The molecule has 100 valence electrons. The van der Waals surface area contributed by atoms with Crippen molar-refractivity contribution in [3.8, 4) is 0 Å². The maximum absolute atomic E-state index is 10.7. The lowest BCUT2D eigenvalue weighted by atomic mass is 10.1. The van der Waals surface area contributed by atoms with E-state index in [1.807, 2.05) is 29.3 Å². The molecule has 0 amide bonds. The molecule has 0 atom stereocenters. The molecular weight excluding hydrogens is 248 g/mol. The molecule has 3 nitrogen and oxygen atoms in total. The Kier molecular flexibility index (Phi) is 3.33. The lowest BCUT2D eigenvalue weighted by Gasteiger charge is -2.13. The third-order valence-electron chi connectivity index (χ3n) is 3.51. The number of nitrogens with zero attached hydrogens (tertiary/aromatic N) is 2. The molecule has 0 saturated carbocycles. The van der Waals surface area contributed by atoms with Gasteiger partial charge in [-0.15, -0.1) is 0 Å². The largest absolute Gasteiger partial charge is 0.298 e. The van der Waals surface area contributed by atoms with Crippen LogP contribution in [-0.4, -0.2) is 18.5 Å². The Balaban J connectivity index is 1.83. The number of anilines is 1. The highest BCUT2D eigenvalue weighted by molar-refractivity contribution is 6.02. The summed E-state index contributed by atoms with van der Waals surface area (Å²) < 4.78 is 0. The highest BCUT2D eigenvalue weighted by Gasteiger charge is 2.17. The summed E-state index contributed by atoms with van der Waals surface area (Å²) in [6, 6.07) is 16.0. The molecule has 0 N–H and O–H groups in total. The van der Waals surface area contributed by atoms with Crippen molar-refractivity contribution in [2.45, 2.75) is 13.3 Å². The first-order valence-electron chi connectivity index (χ1n) is 6.73. The lowest BCUT2D eigenvalue weighted by molar-refractivity contribution is 0.112. The Hall–Kier alpha value is -2.42. The monoisotopic (exact) mass is 264 g/mol. The van der Waals surface area contributed by atoms with Gasteiger partial charge in [-0.25, -0.2) is 0 Å². The van der Waals surface area contributed by atoms with Gasteiger partial charge in [0.1, 0.15) is 6.29 Å². The third kappa shape index (κ3) is 2.48. The van der Waals surface area contributed by atoms with E-state index in [-0.39, 0.29) is 0 Å². The van der Waals surface area contributed by atoms with E-state index in [1.54, 1.807) is 0 Å². The summed E-state index contributed by atoms with van der Waals surface area (Å²) >= 11 is 0. The van der Waals surface area contributed by atoms with E-state index >= 15 is 0 Å². The molecule has 1 heterocycles. The van der Waals surface area contributed by atoms with Gasteiger partial charge in [0, 0.05) is 18.5 Å². The van der Waals surface area contributed by atoms with Crippen LogP contribution in [0.2, 0.25) is 0 Å². The van der Waals surface area contributed by atoms with Crippen molar-refractivity contribution in [2.24, 2.45) is 5.10 Å². The Bertz CT molecular complexity index is 642. The zero-order chi connectivity index (χ0) is 13.9. The molecule has 0 saturated heterocycles. The van der Waals surface area contributed by atoms with Gasteiger partial charge in [0.25, 0.3) is 0 Å². The summed E-state index contributed by atoms with van der Waals surface area (Å²) in [6.45, 7) is 2.96. The highest BCUT2D eigenvalue weighted by Crippen LogP contribution is 2.22. The van der Waals surface area contributed by atoms with Crippen molar-refractivity contribution in [3.05, 3.63) is 65.2 Å². The summed E-state index contributed by atoms with van der Waals surface area (Å²) in [5.74, 6) is 0. The van der Waals surface area contributed by atoms with E-state index in [1.165, 1.54) is 11.1 Å². The van der Waals surface area contributed by atoms with Gasteiger partial charge in [-0.3, -0.25) is 9.80 Å². The van der Waals surface area contributed by atoms with E-state index in [9.17, 15) is 4.79 Å². The van der Waals surface area contributed by atoms with Gasteiger partial charge >= 0.3 is 0 Å². The van der Waals surface area contributed by atoms with Crippen LogP contribution < -0.4 is 5.01 Å². The summed E-state index contributed by atoms with van der Waals surface area (Å²) in [5, 5.41) is 6.67. The van der Waals surface area contributed by atoms with Crippen LogP contribution in [0.5, 0.6) is 0 Å². The molecule has 0 fully saturated rings. The first kappa shape index (κ1) is 12.6. The normalized spacial score (nSPS) is 14.2. The van der Waals surface area contributed by atoms with Crippen LogP contribution in [0, 0.1) is 6.92 Å². The highest BCUT2D eigenvalue weighted by atomic mass is 16.1. The molecule has 3 rings (SSSR count). The van der Waals surface area contributed by atoms with Crippen LogP contribution >= 0.6 is 0 Å². The minimum atomic E-state index is 0.690. The molecule has 1 aliphatic rings. The van der Waals surface area contributed by atoms with E-state index in [4.69, 9.17) is 0 Å². The predicted molar refractivity (Wildman–Crippen MR) is 81.5 cm³/mol. The van der Waals surface area contributed by atoms with Crippen molar-refractivity contribution in [1.29, 1.82) is 0 Å². The summed E-state index contributed by atoms with van der Waals surface area (Å²) in [6.07, 6.45) is 1.80. The summed E-state index contributed by atoms with van der Waals surface area (Å²) in [4.78, 5) is 10.7. The molecule has 3 heteroatoms. The topological polar surface area (TPSA) is 32.7 Å².